The number of hydrogen-bond donors (Lipinski definition) is 2. The molecule has 6 heteroatoms. The number of piperidine rings is 1. The summed E-state index contributed by atoms with van der Waals surface area (Å²) < 4.78 is 0. The van der Waals surface area contributed by atoms with E-state index >= 15 is 0 Å². The number of carbonyl (C=O) groups excluding carboxylic acids is 2. The molecule has 1 rings (SSSR count). The first kappa shape index (κ1) is 16.9. The molecule has 0 aromatic heterocycles. The van der Waals surface area contributed by atoms with Gasteiger partial charge in [0.05, 0.1) is 5.92 Å². The van der Waals surface area contributed by atoms with Crippen molar-refractivity contribution in [3.8, 4) is 0 Å². The van der Waals surface area contributed by atoms with Crippen LogP contribution in [0.2, 0.25) is 0 Å². The monoisotopic (exact) mass is 284 g/mol. The van der Waals surface area contributed by atoms with Gasteiger partial charge in [-0.15, -0.1) is 0 Å². The highest BCUT2D eigenvalue weighted by Crippen LogP contribution is 2.16. The summed E-state index contributed by atoms with van der Waals surface area (Å²) in [5.74, 6) is 0.334. The van der Waals surface area contributed by atoms with Gasteiger partial charge < -0.3 is 20.9 Å². The lowest BCUT2D eigenvalue weighted by Gasteiger charge is -2.31. The molecule has 1 aliphatic rings. The maximum absolute atomic E-state index is 11.9. The third-order valence-corrected chi connectivity index (χ3v) is 3.89. The summed E-state index contributed by atoms with van der Waals surface area (Å²) in [4.78, 5) is 27.6. The summed E-state index contributed by atoms with van der Waals surface area (Å²) in [5.41, 5.74) is 5.44. The van der Waals surface area contributed by atoms with Crippen molar-refractivity contribution in [2.75, 3.05) is 46.8 Å². The predicted molar refractivity (Wildman–Crippen MR) is 79.2 cm³/mol. The van der Waals surface area contributed by atoms with Crippen LogP contribution in [0.1, 0.15) is 25.7 Å². The number of likely N-dealkylation sites (tertiary alicyclic amines) is 1. The average Bonchev–Trinajstić information content (AvgIpc) is 2.49. The Hall–Kier alpha value is -1.14. The van der Waals surface area contributed by atoms with Crippen molar-refractivity contribution in [3.63, 3.8) is 0 Å². The number of carbonyl (C=O) groups is 2. The van der Waals surface area contributed by atoms with Crippen molar-refractivity contribution >= 4 is 11.8 Å². The fourth-order valence-corrected chi connectivity index (χ4v) is 2.57. The Morgan fingerprint density at radius 1 is 1.45 bits per heavy atom. The number of hydrogen-bond acceptors (Lipinski definition) is 4. The molecular formula is C14H28N4O2. The number of nitrogens with one attached hydrogen (secondary N) is 1. The van der Waals surface area contributed by atoms with Crippen molar-refractivity contribution in [2.45, 2.75) is 25.7 Å². The molecule has 0 aromatic rings. The van der Waals surface area contributed by atoms with Crippen molar-refractivity contribution in [3.05, 3.63) is 0 Å². The fourth-order valence-electron chi connectivity index (χ4n) is 2.57. The molecule has 116 valence electrons. The lowest BCUT2D eigenvalue weighted by Crippen LogP contribution is -2.43. The summed E-state index contributed by atoms with van der Waals surface area (Å²) in [7, 11) is 3.50. The van der Waals surface area contributed by atoms with Crippen LogP contribution in [0.4, 0.5) is 0 Å². The Morgan fingerprint density at radius 3 is 2.85 bits per heavy atom. The lowest BCUT2D eigenvalue weighted by molar-refractivity contribution is -0.130. The van der Waals surface area contributed by atoms with Crippen LogP contribution in [0, 0.1) is 5.92 Å². The summed E-state index contributed by atoms with van der Waals surface area (Å²) in [6.45, 7) is 3.81. The molecule has 1 saturated heterocycles. The Labute approximate surface area is 121 Å². The number of rotatable bonds is 7. The van der Waals surface area contributed by atoms with Crippen molar-refractivity contribution in [1.29, 1.82) is 0 Å². The molecule has 0 saturated carbocycles. The molecule has 1 atom stereocenters. The van der Waals surface area contributed by atoms with Gasteiger partial charge in [-0.2, -0.15) is 0 Å². The maximum Gasteiger partial charge on any atom is 0.224 e. The van der Waals surface area contributed by atoms with E-state index in [4.69, 9.17) is 5.73 Å². The molecule has 2 amide bonds. The van der Waals surface area contributed by atoms with E-state index < -0.39 is 0 Å². The smallest absolute Gasteiger partial charge is 0.224 e. The molecule has 1 aliphatic heterocycles. The zero-order chi connectivity index (χ0) is 15.0. The molecule has 0 aromatic carbocycles. The molecule has 0 bridgehead atoms. The second-order valence-corrected chi connectivity index (χ2v) is 5.46. The highest BCUT2D eigenvalue weighted by atomic mass is 16.2. The Balaban J connectivity index is 2.30. The van der Waals surface area contributed by atoms with Gasteiger partial charge in [-0.3, -0.25) is 9.59 Å². The minimum absolute atomic E-state index is 0.0684. The van der Waals surface area contributed by atoms with Gasteiger partial charge in [0.1, 0.15) is 0 Å². The van der Waals surface area contributed by atoms with Gasteiger partial charge in [0.2, 0.25) is 11.8 Å². The van der Waals surface area contributed by atoms with Gasteiger partial charge in [0.25, 0.3) is 0 Å². The van der Waals surface area contributed by atoms with Crippen LogP contribution in [-0.2, 0) is 9.59 Å². The zero-order valence-electron chi connectivity index (χ0n) is 12.7. The molecule has 0 aliphatic carbocycles. The largest absolute Gasteiger partial charge is 0.359 e. The standard InChI is InChI=1S/C14H28N4O2/c1-16-14(20)12-5-3-9-18(11-12)10-6-13(19)17(2)8-4-7-15/h12H,3-11,15H2,1-2H3,(H,16,20). The third kappa shape index (κ3) is 5.46. The van der Waals surface area contributed by atoms with Gasteiger partial charge >= 0.3 is 0 Å². The van der Waals surface area contributed by atoms with E-state index in [0.717, 1.165) is 45.4 Å². The first-order valence-corrected chi connectivity index (χ1v) is 7.46. The number of nitrogens with zero attached hydrogens (tertiary/aromatic N) is 2. The van der Waals surface area contributed by atoms with Crippen LogP contribution in [-0.4, -0.2) is 68.4 Å². The van der Waals surface area contributed by atoms with Gasteiger partial charge in [0.15, 0.2) is 0 Å². The third-order valence-electron chi connectivity index (χ3n) is 3.89. The maximum atomic E-state index is 11.9. The van der Waals surface area contributed by atoms with Crippen molar-refractivity contribution in [1.82, 2.24) is 15.1 Å². The number of nitrogens with two attached hydrogens (primary N) is 1. The van der Waals surface area contributed by atoms with Crippen LogP contribution >= 0.6 is 0 Å². The van der Waals surface area contributed by atoms with E-state index in [1.165, 1.54) is 0 Å². The van der Waals surface area contributed by atoms with E-state index in [1.54, 1.807) is 11.9 Å². The quantitative estimate of drug-likeness (QED) is 0.669. The fraction of sp³-hybridized carbons (Fsp3) is 0.857. The predicted octanol–water partition coefficient (Wildman–Crippen LogP) is -0.358. The second-order valence-electron chi connectivity index (χ2n) is 5.46. The Bertz CT molecular complexity index is 322. The summed E-state index contributed by atoms with van der Waals surface area (Å²) in [6, 6.07) is 0. The number of amides is 2. The molecular weight excluding hydrogens is 256 g/mol. The minimum Gasteiger partial charge on any atom is -0.359 e. The van der Waals surface area contributed by atoms with Crippen LogP contribution in [0.15, 0.2) is 0 Å². The zero-order valence-corrected chi connectivity index (χ0v) is 12.7. The molecule has 1 unspecified atom stereocenters. The lowest BCUT2D eigenvalue weighted by atomic mass is 9.97. The Morgan fingerprint density at radius 2 is 2.20 bits per heavy atom. The van der Waals surface area contributed by atoms with E-state index in [2.05, 4.69) is 10.2 Å². The second kappa shape index (κ2) is 8.92. The average molecular weight is 284 g/mol. The highest BCUT2D eigenvalue weighted by molar-refractivity contribution is 5.78. The minimum atomic E-state index is 0.0684. The first-order valence-electron chi connectivity index (χ1n) is 7.46. The van der Waals surface area contributed by atoms with Gasteiger partial charge in [0, 0.05) is 40.2 Å². The van der Waals surface area contributed by atoms with Crippen LogP contribution in [0.25, 0.3) is 0 Å². The normalized spacial score (nSPS) is 19.6. The summed E-state index contributed by atoms with van der Waals surface area (Å²) in [5, 5.41) is 2.71. The molecule has 0 radical (unpaired) electrons. The first-order chi connectivity index (χ1) is 9.58. The van der Waals surface area contributed by atoms with E-state index in [-0.39, 0.29) is 17.7 Å². The van der Waals surface area contributed by atoms with E-state index in [1.807, 2.05) is 7.05 Å². The molecule has 3 N–H and O–H groups in total. The molecule has 0 spiro atoms. The van der Waals surface area contributed by atoms with Crippen LogP contribution in [0.3, 0.4) is 0 Å². The van der Waals surface area contributed by atoms with Crippen molar-refractivity contribution < 1.29 is 9.59 Å². The van der Waals surface area contributed by atoms with E-state index in [0.29, 0.717) is 13.0 Å². The highest BCUT2D eigenvalue weighted by Gasteiger charge is 2.25. The molecule has 1 fully saturated rings. The van der Waals surface area contributed by atoms with Crippen LogP contribution < -0.4 is 11.1 Å². The van der Waals surface area contributed by atoms with Crippen LogP contribution in [0.5, 0.6) is 0 Å². The van der Waals surface area contributed by atoms with Gasteiger partial charge in [-0.05, 0) is 32.4 Å². The molecule has 1 heterocycles. The SMILES string of the molecule is CNC(=O)C1CCCN(CCC(=O)N(C)CCCN)C1. The summed E-state index contributed by atoms with van der Waals surface area (Å²) in [6.07, 6.45) is 3.32. The Kier molecular flexibility index (Phi) is 7.54. The topological polar surface area (TPSA) is 78.7 Å². The van der Waals surface area contributed by atoms with Crippen molar-refractivity contribution in [2.24, 2.45) is 11.7 Å². The van der Waals surface area contributed by atoms with Gasteiger partial charge in [-0.1, -0.05) is 0 Å². The van der Waals surface area contributed by atoms with E-state index in [9.17, 15) is 9.59 Å². The molecule has 20 heavy (non-hydrogen) atoms. The van der Waals surface area contributed by atoms with Gasteiger partial charge in [-0.25, -0.2) is 0 Å². The summed E-state index contributed by atoms with van der Waals surface area (Å²) >= 11 is 0. The molecule has 6 nitrogen and oxygen atoms in total.